The third kappa shape index (κ3) is 6.77. The highest BCUT2D eigenvalue weighted by atomic mass is 16.5. The summed E-state index contributed by atoms with van der Waals surface area (Å²) in [6.45, 7) is 14.0. The number of hydrogen-bond donors (Lipinski definition) is 1. The molecule has 7 heteroatoms. The average molecular weight is 417 g/mol. The number of guanidine groups is 1. The number of nitrogens with zero attached hydrogens (tertiary/aromatic N) is 5. The quantitative estimate of drug-likeness (QED) is 0.416. The van der Waals surface area contributed by atoms with E-state index in [4.69, 9.17) is 9.73 Å². The zero-order valence-corrected chi connectivity index (χ0v) is 19.1. The Morgan fingerprint density at radius 1 is 1.00 bits per heavy atom. The third-order valence-electron chi connectivity index (χ3n) is 6.06. The minimum Gasteiger partial charge on any atom is -0.497 e. The fraction of sp³-hybridized carbons (Fsp3) is 0.696. The van der Waals surface area contributed by atoms with Crippen LogP contribution in [0, 0.1) is 0 Å². The lowest BCUT2D eigenvalue weighted by Gasteiger charge is -2.37. The number of aliphatic imine (C=N–C) groups is 1. The normalized spacial score (nSPS) is 19.6. The van der Waals surface area contributed by atoms with Gasteiger partial charge in [-0.15, -0.1) is 0 Å². The van der Waals surface area contributed by atoms with Crippen LogP contribution in [-0.4, -0.2) is 107 Å². The molecule has 0 bridgehead atoms. The second-order valence-electron chi connectivity index (χ2n) is 8.26. The standard InChI is InChI=1S/C23H40N6O/c1-4-24-23(25-11-5-13-27-14-6-12-26(2)15-16-27)29-19-17-28(18-20-29)21-7-9-22(30-3)10-8-21/h7-10H,4-6,11-20H2,1-3H3,(H,24,25). The van der Waals surface area contributed by atoms with Crippen molar-refractivity contribution in [1.29, 1.82) is 0 Å². The molecule has 2 fully saturated rings. The van der Waals surface area contributed by atoms with Gasteiger partial charge in [0, 0.05) is 58.0 Å². The van der Waals surface area contributed by atoms with Gasteiger partial charge in [0.15, 0.2) is 5.96 Å². The fourth-order valence-electron chi connectivity index (χ4n) is 4.20. The Kier molecular flexibility index (Phi) is 9.08. The number of hydrogen-bond acceptors (Lipinski definition) is 5. The zero-order chi connectivity index (χ0) is 21.2. The summed E-state index contributed by atoms with van der Waals surface area (Å²) in [5.41, 5.74) is 1.26. The van der Waals surface area contributed by atoms with E-state index in [1.807, 2.05) is 12.1 Å². The Morgan fingerprint density at radius 3 is 2.47 bits per heavy atom. The van der Waals surface area contributed by atoms with Crippen LogP contribution in [0.1, 0.15) is 19.8 Å². The number of piperazine rings is 1. The van der Waals surface area contributed by atoms with Crippen molar-refractivity contribution in [2.45, 2.75) is 19.8 Å². The number of benzene rings is 1. The summed E-state index contributed by atoms with van der Waals surface area (Å²) in [7, 11) is 3.94. The number of rotatable bonds is 7. The van der Waals surface area contributed by atoms with Gasteiger partial charge in [-0.25, -0.2) is 0 Å². The zero-order valence-electron chi connectivity index (χ0n) is 19.1. The van der Waals surface area contributed by atoms with Crippen LogP contribution >= 0.6 is 0 Å². The predicted molar refractivity (Wildman–Crippen MR) is 126 cm³/mol. The monoisotopic (exact) mass is 416 g/mol. The molecule has 2 aliphatic heterocycles. The molecule has 30 heavy (non-hydrogen) atoms. The van der Waals surface area contributed by atoms with Crippen LogP contribution in [0.15, 0.2) is 29.3 Å². The van der Waals surface area contributed by atoms with Crippen molar-refractivity contribution >= 4 is 11.6 Å². The van der Waals surface area contributed by atoms with E-state index < -0.39 is 0 Å². The number of anilines is 1. The summed E-state index contributed by atoms with van der Waals surface area (Å²) in [6, 6.07) is 8.37. The summed E-state index contributed by atoms with van der Waals surface area (Å²) in [4.78, 5) is 14.8. The van der Waals surface area contributed by atoms with Crippen molar-refractivity contribution in [3.63, 3.8) is 0 Å². The van der Waals surface area contributed by atoms with Crippen LogP contribution in [-0.2, 0) is 0 Å². The molecule has 2 heterocycles. The van der Waals surface area contributed by atoms with E-state index in [2.05, 4.69) is 51.0 Å². The second kappa shape index (κ2) is 12.0. The first-order valence-corrected chi connectivity index (χ1v) is 11.5. The molecular formula is C23H40N6O. The molecular weight excluding hydrogens is 376 g/mol. The lowest BCUT2D eigenvalue weighted by molar-refractivity contribution is 0.274. The molecule has 2 saturated heterocycles. The molecule has 7 nitrogen and oxygen atoms in total. The van der Waals surface area contributed by atoms with E-state index in [1.165, 1.54) is 38.3 Å². The van der Waals surface area contributed by atoms with Crippen molar-refractivity contribution < 1.29 is 4.74 Å². The minimum atomic E-state index is 0.896. The number of likely N-dealkylation sites (N-methyl/N-ethyl adjacent to an activating group) is 1. The SMILES string of the molecule is CCNC(=NCCCN1CCCN(C)CC1)N1CCN(c2ccc(OC)cc2)CC1. The van der Waals surface area contributed by atoms with Crippen molar-refractivity contribution in [3.05, 3.63) is 24.3 Å². The van der Waals surface area contributed by atoms with Crippen molar-refractivity contribution in [1.82, 2.24) is 20.0 Å². The van der Waals surface area contributed by atoms with Crippen molar-refractivity contribution in [2.24, 2.45) is 4.99 Å². The molecule has 1 aromatic carbocycles. The Morgan fingerprint density at radius 2 is 1.77 bits per heavy atom. The highest BCUT2D eigenvalue weighted by molar-refractivity contribution is 5.80. The van der Waals surface area contributed by atoms with Crippen molar-refractivity contribution in [3.8, 4) is 5.75 Å². The topological polar surface area (TPSA) is 46.6 Å². The summed E-state index contributed by atoms with van der Waals surface area (Å²) in [5, 5.41) is 3.50. The number of methoxy groups -OCH3 is 1. The minimum absolute atomic E-state index is 0.896. The molecule has 0 unspecified atom stereocenters. The van der Waals surface area contributed by atoms with Gasteiger partial charge in [0.05, 0.1) is 7.11 Å². The summed E-state index contributed by atoms with van der Waals surface area (Å²) >= 11 is 0. The first kappa shape index (κ1) is 22.7. The van der Waals surface area contributed by atoms with E-state index in [-0.39, 0.29) is 0 Å². The average Bonchev–Trinajstić information content (AvgIpc) is 3.00. The predicted octanol–water partition coefficient (Wildman–Crippen LogP) is 1.81. The van der Waals surface area contributed by atoms with Crippen LogP contribution in [0.4, 0.5) is 5.69 Å². The van der Waals surface area contributed by atoms with Crippen LogP contribution in [0.2, 0.25) is 0 Å². The maximum absolute atomic E-state index is 5.27. The molecule has 0 atom stereocenters. The van der Waals surface area contributed by atoms with Gasteiger partial charge in [-0.2, -0.15) is 0 Å². The maximum Gasteiger partial charge on any atom is 0.194 e. The highest BCUT2D eigenvalue weighted by Crippen LogP contribution is 2.20. The lowest BCUT2D eigenvalue weighted by atomic mass is 10.2. The lowest BCUT2D eigenvalue weighted by Crippen LogP contribution is -2.52. The Labute approximate surface area is 182 Å². The van der Waals surface area contributed by atoms with Gasteiger partial charge >= 0.3 is 0 Å². The van der Waals surface area contributed by atoms with Gasteiger partial charge in [-0.1, -0.05) is 0 Å². The van der Waals surface area contributed by atoms with Gasteiger partial charge < -0.3 is 29.7 Å². The number of nitrogens with one attached hydrogen (secondary N) is 1. The summed E-state index contributed by atoms with van der Waals surface area (Å²) in [5.74, 6) is 1.98. The van der Waals surface area contributed by atoms with Gasteiger partial charge in [0.2, 0.25) is 0 Å². The maximum atomic E-state index is 5.27. The molecule has 0 saturated carbocycles. The Bertz CT molecular complexity index is 642. The molecule has 0 amide bonds. The van der Waals surface area contributed by atoms with Crippen LogP contribution < -0.4 is 15.0 Å². The highest BCUT2D eigenvalue weighted by Gasteiger charge is 2.20. The Balaban J connectivity index is 1.45. The van der Waals surface area contributed by atoms with E-state index in [0.29, 0.717) is 0 Å². The molecule has 3 rings (SSSR count). The molecule has 1 N–H and O–H groups in total. The summed E-state index contributed by atoms with van der Waals surface area (Å²) in [6.07, 6.45) is 2.41. The molecule has 168 valence electrons. The second-order valence-corrected chi connectivity index (χ2v) is 8.26. The Hall–Kier alpha value is -1.99. The summed E-state index contributed by atoms with van der Waals surface area (Å²) < 4.78 is 5.27. The first-order valence-electron chi connectivity index (χ1n) is 11.5. The van der Waals surface area contributed by atoms with E-state index in [0.717, 1.165) is 63.9 Å². The van der Waals surface area contributed by atoms with Gasteiger partial charge in [-0.3, -0.25) is 4.99 Å². The van der Waals surface area contributed by atoms with Gasteiger partial charge in [0.1, 0.15) is 5.75 Å². The fourth-order valence-corrected chi connectivity index (χ4v) is 4.20. The molecule has 2 aliphatic rings. The van der Waals surface area contributed by atoms with E-state index >= 15 is 0 Å². The molecule has 0 aliphatic carbocycles. The van der Waals surface area contributed by atoms with E-state index in [1.54, 1.807) is 7.11 Å². The molecule has 0 aromatic heterocycles. The third-order valence-corrected chi connectivity index (χ3v) is 6.06. The van der Waals surface area contributed by atoms with Crippen molar-refractivity contribution in [2.75, 3.05) is 91.0 Å². The van der Waals surface area contributed by atoms with Gasteiger partial charge in [0.25, 0.3) is 0 Å². The van der Waals surface area contributed by atoms with Crippen LogP contribution in [0.5, 0.6) is 5.75 Å². The largest absolute Gasteiger partial charge is 0.497 e. The van der Waals surface area contributed by atoms with Crippen LogP contribution in [0.25, 0.3) is 0 Å². The van der Waals surface area contributed by atoms with E-state index in [9.17, 15) is 0 Å². The first-order chi connectivity index (χ1) is 14.7. The molecule has 1 aromatic rings. The van der Waals surface area contributed by atoms with Gasteiger partial charge in [-0.05, 0) is 70.7 Å². The van der Waals surface area contributed by atoms with Crippen LogP contribution in [0.3, 0.4) is 0 Å². The number of ether oxygens (including phenoxy) is 1. The molecule has 0 spiro atoms. The molecule has 0 radical (unpaired) electrons. The smallest absolute Gasteiger partial charge is 0.194 e.